The largest absolute Gasteiger partial charge is 0.480 e. The first-order valence-corrected chi connectivity index (χ1v) is 6.93. The molecule has 1 aromatic rings. The van der Waals surface area contributed by atoms with Crippen molar-refractivity contribution in [1.82, 2.24) is 4.90 Å². The van der Waals surface area contributed by atoms with Crippen molar-refractivity contribution in [2.24, 2.45) is 5.92 Å². The Morgan fingerprint density at radius 1 is 1.23 bits per heavy atom. The average molecular weight is 315 g/mol. The Kier molecular flexibility index (Phi) is 4.73. The number of piperidine rings is 1. The number of hydrogen-bond acceptors (Lipinski definition) is 2. The van der Waals surface area contributed by atoms with Crippen molar-refractivity contribution in [3.05, 3.63) is 35.9 Å². The minimum Gasteiger partial charge on any atom is -0.480 e. The van der Waals surface area contributed by atoms with Crippen LogP contribution in [0.2, 0.25) is 0 Å². The van der Waals surface area contributed by atoms with Crippen LogP contribution in [0.25, 0.3) is 0 Å². The van der Waals surface area contributed by atoms with Crippen LogP contribution >= 0.6 is 0 Å². The van der Waals surface area contributed by atoms with E-state index in [0.29, 0.717) is 17.7 Å². The third-order valence-corrected chi connectivity index (χ3v) is 3.87. The van der Waals surface area contributed by atoms with E-state index in [1.54, 1.807) is 0 Å². The van der Waals surface area contributed by atoms with Gasteiger partial charge in [0.25, 0.3) is 0 Å². The minimum absolute atomic E-state index is 0.0338. The first-order chi connectivity index (χ1) is 10.3. The highest BCUT2D eigenvalue weighted by Gasteiger charge is 2.47. The fourth-order valence-corrected chi connectivity index (χ4v) is 2.81. The molecule has 22 heavy (non-hydrogen) atoms. The van der Waals surface area contributed by atoms with Gasteiger partial charge in [0, 0.05) is 6.54 Å². The number of amides is 1. The van der Waals surface area contributed by atoms with E-state index in [1.165, 1.54) is 0 Å². The van der Waals surface area contributed by atoms with Crippen LogP contribution in [0, 0.1) is 5.92 Å². The van der Waals surface area contributed by atoms with Gasteiger partial charge in [-0.15, -0.1) is 0 Å². The Balaban J connectivity index is 2.08. The lowest BCUT2D eigenvalue weighted by atomic mass is 9.86. The molecular weight excluding hydrogens is 299 g/mol. The van der Waals surface area contributed by atoms with Crippen molar-refractivity contribution < 1.29 is 27.9 Å². The van der Waals surface area contributed by atoms with Crippen molar-refractivity contribution in [2.75, 3.05) is 6.54 Å². The number of benzene rings is 1. The van der Waals surface area contributed by atoms with Crippen LogP contribution in [0.3, 0.4) is 0 Å². The fourth-order valence-electron chi connectivity index (χ4n) is 2.81. The third kappa shape index (κ3) is 3.78. The zero-order valence-corrected chi connectivity index (χ0v) is 11.7. The highest BCUT2D eigenvalue weighted by Crippen LogP contribution is 2.30. The molecule has 0 unspecified atom stereocenters. The summed E-state index contributed by atoms with van der Waals surface area (Å²) in [4.78, 5) is 23.0. The van der Waals surface area contributed by atoms with E-state index >= 15 is 0 Å². The standard InChI is InChI=1S/C15H16F3NO3/c16-15(17,18)14(22)19-7-6-11(9-12(19)13(20)21)8-10-4-2-1-3-5-10/h1-5,11-12H,6-9H2,(H,20,21)/t11-,12-/m0/s1. The van der Waals surface area contributed by atoms with Crippen molar-refractivity contribution >= 4 is 11.9 Å². The summed E-state index contributed by atoms with van der Waals surface area (Å²) >= 11 is 0. The second-order valence-corrected chi connectivity index (χ2v) is 5.43. The predicted molar refractivity (Wildman–Crippen MR) is 72.1 cm³/mol. The molecule has 0 radical (unpaired) electrons. The second kappa shape index (κ2) is 6.37. The van der Waals surface area contributed by atoms with Crippen molar-refractivity contribution in [2.45, 2.75) is 31.5 Å². The first kappa shape index (κ1) is 16.3. The van der Waals surface area contributed by atoms with Crippen LogP contribution in [0.15, 0.2) is 30.3 Å². The molecule has 0 aliphatic carbocycles. The maximum atomic E-state index is 12.5. The van der Waals surface area contributed by atoms with Crippen LogP contribution in [0.1, 0.15) is 18.4 Å². The summed E-state index contributed by atoms with van der Waals surface area (Å²) in [5.41, 5.74) is 1.01. The molecule has 2 rings (SSSR count). The van der Waals surface area contributed by atoms with E-state index in [2.05, 4.69) is 0 Å². The van der Waals surface area contributed by atoms with Gasteiger partial charge in [-0.25, -0.2) is 4.79 Å². The van der Waals surface area contributed by atoms with Crippen molar-refractivity contribution in [3.63, 3.8) is 0 Å². The van der Waals surface area contributed by atoms with Crippen LogP contribution in [0.4, 0.5) is 13.2 Å². The van der Waals surface area contributed by atoms with E-state index in [0.717, 1.165) is 5.56 Å². The number of aliphatic carboxylic acids is 1. The molecule has 1 aliphatic heterocycles. The van der Waals surface area contributed by atoms with Gasteiger partial charge < -0.3 is 10.0 Å². The van der Waals surface area contributed by atoms with E-state index < -0.39 is 24.1 Å². The Bertz CT molecular complexity index is 545. The summed E-state index contributed by atoms with van der Waals surface area (Å²) < 4.78 is 37.6. The van der Waals surface area contributed by atoms with Crippen LogP contribution in [0.5, 0.6) is 0 Å². The third-order valence-electron chi connectivity index (χ3n) is 3.87. The molecule has 7 heteroatoms. The number of hydrogen-bond donors (Lipinski definition) is 1. The lowest BCUT2D eigenvalue weighted by Crippen LogP contribution is -2.54. The molecule has 0 saturated carbocycles. The Morgan fingerprint density at radius 2 is 1.86 bits per heavy atom. The maximum absolute atomic E-state index is 12.5. The zero-order chi connectivity index (χ0) is 16.3. The summed E-state index contributed by atoms with van der Waals surface area (Å²) in [6.07, 6.45) is -4.05. The molecule has 1 aromatic carbocycles. The van der Waals surface area contributed by atoms with Gasteiger partial charge in [0.1, 0.15) is 6.04 Å². The summed E-state index contributed by atoms with van der Waals surface area (Å²) in [6, 6.07) is 7.93. The van der Waals surface area contributed by atoms with Crippen molar-refractivity contribution in [3.8, 4) is 0 Å². The van der Waals surface area contributed by atoms with E-state index in [-0.39, 0.29) is 18.9 Å². The summed E-state index contributed by atoms with van der Waals surface area (Å²) in [5.74, 6) is -3.52. The molecule has 0 aromatic heterocycles. The van der Waals surface area contributed by atoms with Gasteiger partial charge in [0.2, 0.25) is 0 Å². The molecule has 1 fully saturated rings. The zero-order valence-electron chi connectivity index (χ0n) is 11.7. The molecule has 4 nitrogen and oxygen atoms in total. The molecule has 1 heterocycles. The molecule has 1 N–H and O–H groups in total. The lowest BCUT2D eigenvalue weighted by Gasteiger charge is -2.37. The van der Waals surface area contributed by atoms with Crippen LogP contribution in [-0.4, -0.2) is 40.6 Å². The van der Waals surface area contributed by atoms with Gasteiger partial charge in [0.05, 0.1) is 0 Å². The first-order valence-electron chi connectivity index (χ1n) is 6.93. The highest BCUT2D eigenvalue weighted by molar-refractivity contribution is 5.87. The molecule has 1 aliphatic rings. The van der Waals surface area contributed by atoms with Gasteiger partial charge in [0.15, 0.2) is 0 Å². The second-order valence-electron chi connectivity index (χ2n) is 5.43. The molecule has 1 saturated heterocycles. The normalized spacial score (nSPS) is 22.4. The Morgan fingerprint density at radius 3 is 2.41 bits per heavy atom. The number of alkyl halides is 3. The number of likely N-dealkylation sites (tertiary alicyclic amines) is 1. The Labute approximate surface area is 125 Å². The molecular formula is C15H16F3NO3. The number of halogens is 3. The smallest absolute Gasteiger partial charge is 0.471 e. The van der Waals surface area contributed by atoms with Gasteiger partial charge in [-0.1, -0.05) is 30.3 Å². The predicted octanol–water partition coefficient (Wildman–Crippen LogP) is 2.48. The maximum Gasteiger partial charge on any atom is 0.471 e. The molecule has 120 valence electrons. The van der Waals surface area contributed by atoms with Crippen LogP contribution < -0.4 is 0 Å². The molecule has 2 atom stereocenters. The number of carboxylic acids is 1. The topological polar surface area (TPSA) is 57.6 Å². The monoisotopic (exact) mass is 315 g/mol. The van der Waals surface area contributed by atoms with Crippen LogP contribution in [-0.2, 0) is 16.0 Å². The van der Waals surface area contributed by atoms with E-state index in [1.807, 2.05) is 30.3 Å². The number of rotatable bonds is 3. The van der Waals surface area contributed by atoms with Gasteiger partial charge in [-0.05, 0) is 30.7 Å². The minimum atomic E-state index is -5.04. The quantitative estimate of drug-likeness (QED) is 0.932. The number of carbonyl (C=O) groups excluding carboxylic acids is 1. The highest BCUT2D eigenvalue weighted by atomic mass is 19.4. The van der Waals surface area contributed by atoms with E-state index in [4.69, 9.17) is 5.11 Å². The molecule has 1 amide bonds. The van der Waals surface area contributed by atoms with Gasteiger partial charge >= 0.3 is 18.1 Å². The SMILES string of the molecule is O=C(O)[C@@H]1C[C@H](Cc2ccccc2)CCN1C(=O)C(F)(F)F. The number of nitrogens with zero attached hydrogens (tertiary/aromatic N) is 1. The Hall–Kier alpha value is -2.05. The fraction of sp³-hybridized carbons (Fsp3) is 0.467. The average Bonchev–Trinajstić information content (AvgIpc) is 2.46. The summed E-state index contributed by atoms with van der Waals surface area (Å²) in [7, 11) is 0. The number of carboxylic acid groups (broad SMARTS) is 1. The molecule has 0 bridgehead atoms. The van der Waals surface area contributed by atoms with E-state index in [9.17, 15) is 22.8 Å². The summed E-state index contributed by atoms with van der Waals surface area (Å²) in [5, 5.41) is 9.15. The van der Waals surface area contributed by atoms with Crippen molar-refractivity contribution in [1.29, 1.82) is 0 Å². The lowest BCUT2D eigenvalue weighted by molar-refractivity contribution is -0.192. The summed E-state index contributed by atoms with van der Waals surface area (Å²) in [6.45, 7) is -0.188. The van der Waals surface area contributed by atoms with Gasteiger partial charge in [-0.2, -0.15) is 13.2 Å². The van der Waals surface area contributed by atoms with Gasteiger partial charge in [-0.3, -0.25) is 4.79 Å². The molecule has 0 spiro atoms. The number of carbonyl (C=O) groups is 2.